The van der Waals surface area contributed by atoms with Gasteiger partial charge in [-0.1, -0.05) is 11.2 Å². The van der Waals surface area contributed by atoms with Crippen molar-refractivity contribution in [1.82, 2.24) is 25.7 Å². The third-order valence-electron chi connectivity index (χ3n) is 5.99. The summed E-state index contributed by atoms with van der Waals surface area (Å²) in [5.74, 6) is 1.73. The molecular weight excluding hydrogens is 382 g/mol. The summed E-state index contributed by atoms with van der Waals surface area (Å²) in [4.78, 5) is 18.9. The van der Waals surface area contributed by atoms with Crippen LogP contribution in [0.5, 0.6) is 0 Å². The van der Waals surface area contributed by atoms with E-state index in [0.29, 0.717) is 24.8 Å². The normalized spacial score (nSPS) is 22.7. The van der Waals surface area contributed by atoms with Gasteiger partial charge in [-0.15, -0.1) is 0 Å². The molecule has 2 saturated heterocycles. The average molecular weight is 414 g/mol. The van der Waals surface area contributed by atoms with Gasteiger partial charge < -0.3 is 19.9 Å². The number of aromatic nitrogens is 2. The molecular formula is C22H31N5O3. The van der Waals surface area contributed by atoms with Gasteiger partial charge in [0, 0.05) is 44.5 Å². The second-order valence-corrected chi connectivity index (χ2v) is 8.23. The molecule has 4 heterocycles. The fourth-order valence-corrected chi connectivity index (χ4v) is 4.27. The molecule has 2 atom stereocenters. The summed E-state index contributed by atoms with van der Waals surface area (Å²) in [6.07, 6.45) is 5.91. The molecule has 2 aliphatic heterocycles. The topological polar surface area (TPSA) is 92.5 Å². The van der Waals surface area contributed by atoms with Crippen LogP contribution in [-0.2, 0) is 29.0 Å². The van der Waals surface area contributed by atoms with Gasteiger partial charge in [0.2, 0.25) is 5.91 Å². The Hall–Kier alpha value is -2.29. The van der Waals surface area contributed by atoms with Crippen molar-refractivity contribution in [2.45, 2.75) is 32.4 Å². The minimum absolute atomic E-state index is 0.101. The maximum atomic E-state index is 12.5. The van der Waals surface area contributed by atoms with Gasteiger partial charge in [0.25, 0.3) is 0 Å². The SMILES string of the molecule is O=C(C[C@H]1CCNC[C@@H]1Cc1cc(CN2CCOCC2)on1)NCc1cccnc1. The number of rotatable bonds is 8. The quantitative estimate of drug-likeness (QED) is 0.675. The van der Waals surface area contributed by atoms with E-state index >= 15 is 0 Å². The van der Waals surface area contributed by atoms with E-state index in [-0.39, 0.29) is 5.91 Å². The van der Waals surface area contributed by atoms with E-state index in [1.807, 2.05) is 12.1 Å². The van der Waals surface area contributed by atoms with E-state index in [2.05, 4.69) is 31.7 Å². The van der Waals surface area contributed by atoms with E-state index in [9.17, 15) is 4.79 Å². The summed E-state index contributed by atoms with van der Waals surface area (Å²) in [5, 5.41) is 10.8. The summed E-state index contributed by atoms with van der Waals surface area (Å²) >= 11 is 0. The Morgan fingerprint density at radius 2 is 2.20 bits per heavy atom. The molecule has 2 N–H and O–H groups in total. The Morgan fingerprint density at radius 1 is 1.30 bits per heavy atom. The van der Waals surface area contributed by atoms with Gasteiger partial charge in [0.15, 0.2) is 5.76 Å². The first kappa shape index (κ1) is 21.0. The maximum Gasteiger partial charge on any atom is 0.220 e. The average Bonchev–Trinajstić information content (AvgIpc) is 3.22. The van der Waals surface area contributed by atoms with Crippen LogP contribution in [0.2, 0.25) is 0 Å². The predicted octanol–water partition coefficient (Wildman–Crippen LogP) is 1.38. The Labute approximate surface area is 177 Å². The van der Waals surface area contributed by atoms with Gasteiger partial charge in [0.1, 0.15) is 0 Å². The second-order valence-electron chi connectivity index (χ2n) is 8.23. The molecule has 0 saturated carbocycles. The van der Waals surface area contributed by atoms with Crippen LogP contribution in [0.4, 0.5) is 0 Å². The van der Waals surface area contributed by atoms with Crippen molar-refractivity contribution in [2.75, 3.05) is 39.4 Å². The highest BCUT2D eigenvalue weighted by molar-refractivity contribution is 5.76. The number of pyridine rings is 1. The number of amides is 1. The summed E-state index contributed by atoms with van der Waals surface area (Å²) in [6, 6.07) is 5.93. The van der Waals surface area contributed by atoms with E-state index in [4.69, 9.17) is 9.26 Å². The number of hydrogen-bond acceptors (Lipinski definition) is 7. The molecule has 2 fully saturated rings. The molecule has 2 aromatic rings. The monoisotopic (exact) mass is 413 g/mol. The number of hydrogen-bond donors (Lipinski definition) is 2. The van der Waals surface area contributed by atoms with Crippen LogP contribution in [0.1, 0.15) is 29.9 Å². The van der Waals surface area contributed by atoms with Gasteiger partial charge in [0.05, 0.1) is 25.5 Å². The van der Waals surface area contributed by atoms with Gasteiger partial charge in [-0.2, -0.15) is 0 Å². The number of nitrogens with one attached hydrogen (secondary N) is 2. The molecule has 0 bridgehead atoms. The van der Waals surface area contributed by atoms with Crippen LogP contribution < -0.4 is 10.6 Å². The third kappa shape index (κ3) is 6.10. The lowest BCUT2D eigenvalue weighted by Crippen LogP contribution is -2.40. The first-order valence-corrected chi connectivity index (χ1v) is 10.9. The zero-order valence-electron chi connectivity index (χ0n) is 17.4. The molecule has 4 rings (SSSR count). The lowest BCUT2D eigenvalue weighted by atomic mass is 9.81. The van der Waals surface area contributed by atoms with Crippen molar-refractivity contribution in [2.24, 2.45) is 11.8 Å². The van der Waals surface area contributed by atoms with Crippen LogP contribution in [0, 0.1) is 11.8 Å². The predicted molar refractivity (Wildman–Crippen MR) is 111 cm³/mol. The maximum absolute atomic E-state index is 12.5. The lowest BCUT2D eigenvalue weighted by molar-refractivity contribution is -0.122. The highest BCUT2D eigenvalue weighted by Crippen LogP contribution is 2.26. The fraction of sp³-hybridized carbons (Fsp3) is 0.591. The van der Waals surface area contributed by atoms with Crippen molar-refractivity contribution in [3.63, 3.8) is 0 Å². The molecule has 162 valence electrons. The van der Waals surface area contributed by atoms with Crippen molar-refractivity contribution in [1.29, 1.82) is 0 Å². The number of nitrogens with zero attached hydrogens (tertiary/aromatic N) is 3. The molecule has 0 radical (unpaired) electrons. The molecule has 0 aromatic carbocycles. The van der Waals surface area contributed by atoms with Crippen LogP contribution in [0.15, 0.2) is 35.1 Å². The third-order valence-corrected chi connectivity index (χ3v) is 5.99. The van der Waals surface area contributed by atoms with Gasteiger partial charge in [-0.25, -0.2) is 0 Å². The van der Waals surface area contributed by atoms with E-state index in [1.165, 1.54) is 0 Å². The van der Waals surface area contributed by atoms with Gasteiger partial charge >= 0.3 is 0 Å². The summed E-state index contributed by atoms with van der Waals surface area (Å²) in [6.45, 7) is 6.58. The minimum atomic E-state index is 0.101. The molecule has 0 unspecified atom stereocenters. The Balaban J connectivity index is 1.27. The Bertz CT molecular complexity index is 791. The number of ether oxygens (including phenoxy) is 1. The van der Waals surface area contributed by atoms with Crippen LogP contribution in [0.3, 0.4) is 0 Å². The van der Waals surface area contributed by atoms with Crippen LogP contribution >= 0.6 is 0 Å². The summed E-state index contributed by atoms with van der Waals surface area (Å²) < 4.78 is 11.0. The van der Waals surface area contributed by atoms with E-state index < -0.39 is 0 Å². The highest BCUT2D eigenvalue weighted by atomic mass is 16.5. The molecule has 1 amide bonds. The van der Waals surface area contributed by atoms with Crippen LogP contribution in [-0.4, -0.2) is 60.3 Å². The number of morpholine rings is 1. The summed E-state index contributed by atoms with van der Waals surface area (Å²) in [5.41, 5.74) is 2.00. The van der Waals surface area contributed by atoms with Crippen molar-refractivity contribution in [3.8, 4) is 0 Å². The molecule has 8 heteroatoms. The smallest absolute Gasteiger partial charge is 0.220 e. The van der Waals surface area contributed by atoms with E-state index in [0.717, 1.165) is 75.8 Å². The number of carbonyl (C=O) groups excluding carboxylic acids is 1. The standard InChI is InChI=1S/C22H31N5O3/c28-22(25-14-17-2-1-4-23-13-17)11-18-3-5-24-15-19(18)10-20-12-21(30-26-20)16-27-6-8-29-9-7-27/h1-2,4,12-13,18-19,24H,3,5-11,14-16H2,(H,25,28)/t18-,19+/m1/s1. The fourth-order valence-electron chi connectivity index (χ4n) is 4.27. The number of piperidine rings is 1. The largest absolute Gasteiger partial charge is 0.379 e. The van der Waals surface area contributed by atoms with Crippen molar-refractivity contribution in [3.05, 3.63) is 47.6 Å². The molecule has 8 nitrogen and oxygen atoms in total. The number of carbonyl (C=O) groups is 1. The Morgan fingerprint density at radius 3 is 3.03 bits per heavy atom. The summed E-state index contributed by atoms with van der Waals surface area (Å²) in [7, 11) is 0. The molecule has 0 spiro atoms. The first-order chi connectivity index (χ1) is 14.8. The first-order valence-electron chi connectivity index (χ1n) is 10.9. The van der Waals surface area contributed by atoms with Crippen LogP contribution in [0.25, 0.3) is 0 Å². The highest BCUT2D eigenvalue weighted by Gasteiger charge is 2.28. The lowest BCUT2D eigenvalue weighted by Gasteiger charge is -2.31. The van der Waals surface area contributed by atoms with E-state index in [1.54, 1.807) is 12.4 Å². The minimum Gasteiger partial charge on any atom is -0.379 e. The van der Waals surface area contributed by atoms with Gasteiger partial charge in [-0.05, 0) is 49.4 Å². The molecule has 30 heavy (non-hydrogen) atoms. The van der Waals surface area contributed by atoms with Crippen molar-refractivity contribution >= 4 is 5.91 Å². The van der Waals surface area contributed by atoms with Gasteiger partial charge in [-0.3, -0.25) is 14.7 Å². The molecule has 2 aromatic heterocycles. The Kier molecular flexibility index (Phi) is 7.44. The second kappa shape index (κ2) is 10.7. The molecule has 2 aliphatic rings. The zero-order chi connectivity index (χ0) is 20.6. The van der Waals surface area contributed by atoms with Crippen molar-refractivity contribution < 1.29 is 14.1 Å². The molecule has 0 aliphatic carbocycles. The zero-order valence-corrected chi connectivity index (χ0v) is 17.4.